The lowest BCUT2D eigenvalue weighted by Gasteiger charge is -2.07. The van der Waals surface area contributed by atoms with E-state index in [1.165, 1.54) is 12.1 Å². The van der Waals surface area contributed by atoms with E-state index in [1.807, 2.05) is 6.92 Å². The Hall–Kier alpha value is -1.11. The van der Waals surface area contributed by atoms with Gasteiger partial charge in [0.05, 0.1) is 0 Å². The van der Waals surface area contributed by atoms with Crippen molar-refractivity contribution in [2.45, 2.75) is 18.2 Å². The summed E-state index contributed by atoms with van der Waals surface area (Å²) >= 11 is 0. The van der Waals surface area contributed by atoms with Crippen LogP contribution in [0.15, 0.2) is 29.2 Å². The van der Waals surface area contributed by atoms with Gasteiger partial charge in [-0.2, -0.15) is 0 Å². The molecule has 2 N–H and O–H groups in total. The highest BCUT2D eigenvalue weighted by Crippen LogP contribution is 2.20. The summed E-state index contributed by atoms with van der Waals surface area (Å²) in [6.07, 6.45) is 0.598. The molecule has 0 amide bonds. The van der Waals surface area contributed by atoms with Crippen LogP contribution in [0.1, 0.15) is 13.3 Å². The van der Waals surface area contributed by atoms with Gasteiger partial charge in [-0.3, -0.25) is 0 Å². The van der Waals surface area contributed by atoms with Gasteiger partial charge < -0.3 is 9.84 Å². The third-order valence-corrected chi connectivity index (χ3v) is 3.62. The van der Waals surface area contributed by atoms with Crippen molar-refractivity contribution in [3.8, 4) is 5.75 Å². The zero-order chi connectivity index (χ0) is 12.7. The smallest absolute Gasteiger partial charge is 0.244 e. The minimum absolute atomic E-state index is 0.101. The third kappa shape index (κ3) is 4.33. The van der Waals surface area contributed by atoms with Crippen LogP contribution in [0, 0.1) is 0 Å². The van der Waals surface area contributed by atoms with E-state index in [4.69, 9.17) is 4.74 Å². The number of ether oxygens (including phenoxy) is 1. The second kappa shape index (κ2) is 6.58. The van der Waals surface area contributed by atoms with E-state index < -0.39 is 10.0 Å². The summed E-state index contributed by atoms with van der Waals surface area (Å²) in [6.45, 7) is 3.30. The van der Waals surface area contributed by atoms with Crippen LogP contribution in [0.3, 0.4) is 0 Å². The monoisotopic (exact) mass is 259 g/mol. The molecule has 0 saturated carbocycles. The topological polar surface area (TPSA) is 75.6 Å². The van der Waals surface area contributed by atoms with Crippen LogP contribution < -0.4 is 4.72 Å². The van der Waals surface area contributed by atoms with Crippen molar-refractivity contribution in [1.29, 1.82) is 0 Å². The zero-order valence-electron chi connectivity index (χ0n) is 9.72. The van der Waals surface area contributed by atoms with E-state index >= 15 is 0 Å². The van der Waals surface area contributed by atoms with E-state index in [2.05, 4.69) is 4.72 Å². The molecule has 0 unspecified atom stereocenters. The number of sulfonamides is 1. The van der Waals surface area contributed by atoms with Crippen LogP contribution in [0.2, 0.25) is 0 Å². The first-order chi connectivity index (χ1) is 8.08. The lowest BCUT2D eigenvalue weighted by molar-refractivity contribution is 0.146. The molecule has 1 rings (SSSR count). The molecule has 0 spiro atoms. The van der Waals surface area contributed by atoms with Gasteiger partial charge in [-0.15, -0.1) is 0 Å². The van der Waals surface area contributed by atoms with E-state index in [0.29, 0.717) is 19.6 Å². The quantitative estimate of drug-likeness (QED) is 0.719. The zero-order valence-corrected chi connectivity index (χ0v) is 10.5. The van der Waals surface area contributed by atoms with Crippen molar-refractivity contribution in [3.05, 3.63) is 24.3 Å². The Balaban J connectivity index is 2.55. The van der Waals surface area contributed by atoms with Crippen LogP contribution in [0.25, 0.3) is 0 Å². The highest BCUT2D eigenvalue weighted by Gasteiger charge is 2.16. The number of nitrogens with one attached hydrogen (secondary N) is 1. The molecule has 0 atom stereocenters. The number of phenolic OH excluding ortho intramolecular Hbond substituents is 1. The SMILES string of the molecule is CCOCCCNS(=O)(=O)c1ccccc1O. The Labute approximate surface area is 101 Å². The lowest BCUT2D eigenvalue weighted by atomic mass is 10.3. The predicted molar refractivity (Wildman–Crippen MR) is 64.4 cm³/mol. The van der Waals surface area contributed by atoms with Gasteiger partial charge in [0, 0.05) is 19.8 Å². The molecule has 96 valence electrons. The van der Waals surface area contributed by atoms with E-state index in [0.717, 1.165) is 0 Å². The van der Waals surface area contributed by atoms with Crippen molar-refractivity contribution in [1.82, 2.24) is 4.72 Å². The van der Waals surface area contributed by atoms with Crippen molar-refractivity contribution >= 4 is 10.0 Å². The standard InChI is InChI=1S/C11H17NO4S/c1-2-16-9-5-8-12-17(14,15)11-7-4-3-6-10(11)13/h3-4,6-7,12-13H,2,5,8-9H2,1H3. The summed E-state index contributed by atoms with van der Waals surface area (Å²) in [5, 5.41) is 9.44. The van der Waals surface area contributed by atoms with Gasteiger partial charge in [0.15, 0.2) is 0 Å². The van der Waals surface area contributed by atoms with Gasteiger partial charge in [-0.1, -0.05) is 12.1 Å². The summed E-state index contributed by atoms with van der Waals surface area (Å²) in [5.41, 5.74) is 0. The van der Waals surface area contributed by atoms with Gasteiger partial charge in [-0.05, 0) is 25.5 Å². The average molecular weight is 259 g/mol. The Morgan fingerprint density at radius 2 is 2.06 bits per heavy atom. The summed E-state index contributed by atoms with van der Waals surface area (Å²) in [7, 11) is -3.63. The lowest BCUT2D eigenvalue weighted by Crippen LogP contribution is -2.25. The first kappa shape index (κ1) is 14.0. The van der Waals surface area contributed by atoms with Gasteiger partial charge >= 0.3 is 0 Å². The number of phenols is 1. The molecule has 0 aliphatic rings. The van der Waals surface area contributed by atoms with E-state index in [-0.39, 0.29) is 17.2 Å². The molecule has 0 radical (unpaired) electrons. The van der Waals surface area contributed by atoms with Gasteiger partial charge in [-0.25, -0.2) is 13.1 Å². The molecule has 0 fully saturated rings. The Bertz CT molecular complexity index is 445. The molecule has 0 aromatic heterocycles. The summed E-state index contributed by atoms with van der Waals surface area (Å²) < 4.78 is 31.0. The first-order valence-electron chi connectivity index (χ1n) is 5.43. The molecule has 6 heteroatoms. The Morgan fingerprint density at radius 1 is 1.35 bits per heavy atom. The second-order valence-corrected chi connectivity index (χ2v) is 5.15. The molecular weight excluding hydrogens is 242 g/mol. The second-order valence-electron chi connectivity index (χ2n) is 3.42. The highest BCUT2D eigenvalue weighted by atomic mass is 32.2. The molecular formula is C11H17NO4S. The Morgan fingerprint density at radius 3 is 2.71 bits per heavy atom. The molecule has 0 heterocycles. The number of hydrogen-bond acceptors (Lipinski definition) is 4. The molecule has 5 nitrogen and oxygen atoms in total. The molecule has 0 aliphatic heterocycles. The van der Waals surface area contributed by atoms with Crippen molar-refractivity contribution in [2.24, 2.45) is 0 Å². The summed E-state index contributed by atoms with van der Waals surface area (Å²) in [4.78, 5) is -0.101. The molecule has 1 aromatic carbocycles. The highest BCUT2D eigenvalue weighted by molar-refractivity contribution is 7.89. The van der Waals surface area contributed by atoms with Crippen molar-refractivity contribution < 1.29 is 18.3 Å². The molecule has 0 saturated heterocycles. The predicted octanol–water partition coefficient (Wildman–Crippen LogP) is 1.10. The number of rotatable bonds is 7. The number of hydrogen-bond donors (Lipinski definition) is 2. The maximum absolute atomic E-state index is 11.8. The van der Waals surface area contributed by atoms with Crippen LogP contribution in [-0.2, 0) is 14.8 Å². The largest absolute Gasteiger partial charge is 0.507 e. The Kier molecular flexibility index (Phi) is 5.40. The molecule has 17 heavy (non-hydrogen) atoms. The van der Waals surface area contributed by atoms with Crippen LogP contribution in [-0.4, -0.2) is 33.3 Å². The van der Waals surface area contributed by atoms with Crippen molar-refractivity contribution in [2.75, 3.05) is 19.8 Å². The van der Waals surface area contributed by atoms with E-state index in [9.17, 15) is 13.5 Å². The van der Waals surface area contributed by atoms with Crippen molar-refractivity contribution in [3.63, 3.8) is 0 Å². The number of aromatic hydroxyl groups is 1. The molecule has 0 aliphatic carbocycles. The van der Waals surface area contributed by atoms with Crippen LogP contribution in [0.5, 0.6) is 5.75 Å². The van der Waals surface area contributed by atoms with Gasteiger partial charge in [0.25, 0.3) is 0 Å². The van der Waals surface area contributed by atoms with E-state index in [1.54, 1.807) is 12.1 Å². The van der Waals surface area contributed by atoms with Crippen LogP contribution >= 0.6 is 0 Å². The fourth-order valence-electron chi connectivity index (χ4n) is 1.29. The summed E-state index contributed by atoms with van der Waals surface area (Å²) in [5.74, 6) is -0.246. The fraction of sp³-hybridized carbons (Fsp3) is 0.455. The van der Waals surface area contributed by atoms with Gasteiger partial charge in [0.1, 0.15) is 10.6 Å². The minimum atomic E-state index is -3.63. The van der Waals surface area contributed by atoms with Gasteiger partial charge in [0.2, 0.25) is 10.0 Å². The number of benzene rings is 1. The maximum atomic E-state index is 11.8. The maximum Gasteiger partial charge on any atom is 0.244 e. The molecule has 1 aromatic rings. The minimum Gasteiger partial charge on any atom is -0.507 e. The fourth-order valence-corrected chi connectivity index (χ4v) is 2.46. The molecule has 0 bridgehead atoms. The van der Waals surface area contributed by atoms with Crippen LogP contribution in [0.4, 0.5) is 0 Å². The first-order valence-corrected chi connectivity index (χ1v) is 6.91. The summed E-state index contributed by atoms with van der Waals surface area (Å²) in [6, 6.07) is 5.84. The average Bonchev–Trinajstić information content (AvgIpc) is 2.29. The number of para-hydroxylation sites is 1. The normalized spacial score (nSPS) is 11.6. The third-order valence-electron chi connectivity index (χ3n) is 2.12.